The van der Waals surface area contributed by atoms with Crippen molar-refractivity contribution in [2.24, 2.45) is 0 Å². The minimum absolute atomic E-state index is 0.00487. The molecule has 0 spiro atoms. The van der Waals surface area contributed by atoms with Crippen LogP contribution in [0.5, 0.6) is 0 Å². The summed E-state index contributed by atoms with van der Waals surface area (Å²) in [6.07, 6.45) is 2.12. The molecule has 148 valence electrons. The van der Waals surface area contributed by atoms with Gasteiger partial charge in [0.05, 0.1) is 0 Å². The summed E-state index contributed by atoms with van der Waals surface area (Å²) >= 11 is 0. The molecule has 0 aromatic heterocycles. The molecule has 1 aliphatic rings. The zero-order chi connectivity index (χ0) is 20.9. The van der Waals surface area contributed by atoms with Crippen LogP contribution in [0.15, 0.2) is 30.3 Å². The molecule has 0 aliphatic heterocycles. The van der Waals surface area contributed by atoms with Crippen LogP contribution in [0.1, 0.15) is 77.9 Å². The average Bonchev–Trinajstić information content (AvgIpc) is 2.58. The molecule has 3 rings (SSSR count). The van der Waals surface area contributed by atoms with Crippen LogP contribution in [0, 0.1) is 11.6 Å². The predicted octanol–water partition coefficient (Wildman–Crippen LogP) is 5.44. The third-order valence-electron chi connectivity index (χ3n) is 5.86. The first-order valence-corrected chi connectivity index (χ1v) is 9.32. The molecule has 0 bridgehead atoms. The smallest absolute Gasteiger partial charge is 0.341 e. The summed E-state index contributed by atoms with van der Waals surface area (Å²) in [5.74, 6) is -4.65. The lowest BCUT2D eigenvalue weighted by Gasteiger charge is -2.42. The van der Waals surface area contributed by atoms with Crippen molar-refractivity contribution in [1.29, 1.82) is 0 Å². The lowest BCUT2D eigenvalue weighted by atomic mass is 9.63. The number of benzene rings is 2. The number of carboxylic acid groups (broad SMARTS) is 1. The van der Waals surface area contributed by atoms with E-state index in [0.29, 0.717) is 0 Å². The van der Waals surface area contributed by atoms with Crippen LogP contribution in [-0.4, -0.2) is 16.9 Å². The molecule has 0 fully saturated rings. The molecule has 0 amide bonds. The van der Waals surface area contributed by atoms with Crippen molar-refractivity contribution in [3.63, 3.8) is 0 Å². The summed E-state index contributed by atoms with van der Waals surface area (Å²) in [6.45, 7) is 8.78. The molecule has 1 N–H and O–H groups in total. The summed E-state index contributed by atoms with van der Waals surface area (Å²) in [5.41, 5.74) is 2.08. The van der Waals surface area contributed by atoms with Crippen LogP contribution in [0.3, 0.4) is 0 Å². The molecule has 0 saturated carbocycles. The van der Waals surface area contributed by atoms with Gasteiger partial charge in [-0.05, 0) is 52.5 Å². The van der Waals surface area contributed by atoms with Gasteiger partial charge in [-0.2, -0.15) is 0 Å². The second-order valence-corrected chi connectivity index (χ2v) is 8.87. The number of Topliss-reactive ketones (excluding diaryl/α,β-unsaturated/α-hetero) is 1. The van der Waals surface area contributed by atoms with Gasteiger partial charge < -0.3 is 5.11 Å². The van der Waals surface area contributed by atoms with Crippen LogP contribution in [-0.2, 0) is 17.3 Å². The Kier molecular flexibility index (Phi) is 4.90. The van der Waals surface area contributed by atoms with Gasteiger partial charge in [0.15, 0.2) is 5.78 Å². The Morgan fingerprint density at radius 1 is 0.929 bits per heavy atom. The van der Waals surface area contributed by atoms with Gasteiger partial charge in [-0.15, -0.1) is 0 Å². The maximum atomic E-state index is 13.9. The zero-order valence-electron chi connectivity index (χ0n) is 16.5. The van der Waals surface area contributed by atoms with E-state index in [1.807, 2.05) is 18.2 Å². The van der Waals surface area contributed by atoms with Gasteiger partial charge in [0.2, 0.25) is 0 Å². The Morgan fingerprint density at radius 3 is 2.00 bits per heavy atom. The second kappa shape index (κ2) is 6.80. The predicted molar refractivity (Wildman–Crippen MR) is 103 cm³/mol. The Morgan fingerprint density at radius 2 is 1.46 bits per heavy atom. The van der Waals surface area contributed by atoms with Crippen molar-refractivity contribution >= 4 is 11.8 Å². The Labute approximate surface area is 163 Å². The highest BCUT2D eigenvalue weighted by Gasteiger charge is 2.37. The van der Waals surface area contributed by atoms with Gasteiger partial charge in [-0.3, -0.25) is 4.79 Å². The van der Waals surface area contributed by atoms with E-state index >= 15 is 0 Å². The van der Waals surface area contributed by atoms with Gasteiger partial charge in [0, 0.05) is 12.0 Å². The quantitative estimate of drug-likeness (QED) is 0.712. The minimum atomic E-state index is -1.70. The third kappa shape index (κ3) is 3.58. The van der Waals surface area contributed by atoms with Crippen molar-refractivity contribution in [2.75, 3.05) is 0 Å². The Bertz CT molecular complexity index is 951. The number of carbonyl (C=O) groups is 2. The number of hydrogen-bond acceptors (Lipinski definition) is 2. The molecule has 0 heterocycles. The maximum absolute atomic E-state index is 13.9. The van der Waals surface area contributed by atoms with Gasteiger partial charge in [-0.25, -0.2) is 13.6 Å². The molecule has 2 aromatic rings. The summed E-state index contributed by atoms with van der Waals surface area (Å²) in [7, 11) is 0. The zero-order valence-corrected chi connectivity index (χ0v) is 16.5. The highest BCUT2D eigenvalue weighted by molar-refractivity contribution is 5.98. The van der Waals surface area contributed by atoms with E-state index in [9.17, 15) is 18.4 Å². The van der Waals surface area contributed by atoms with Gasteiger partial charge >= 0.3 is 5.97 Å². The average molecular weight is 386 g/mol. The van der Waals surface area contributed by atoms with Crippen molar-refractivity contribution in [3.8, 4) is 0 Å². The lowest BCUT2D eigenvalue weighted by molar-refractivity contribution is 0.0685. The molecular weight excluding hydrogens is 362 g/mol. The first kappa shape index (κ1) is 20.2. The SMILES string of the molecule is CC1(C)CCC(C)(C)c2cc(CC(=O)c3cc(F)c(C(=O)O)c(F)c3)ccc21. The maximum Gasteiger partial charge on any atom is 0.341 e. The largest absolute Gasteiger partial charge is 0.477 e. The Hall–Kier alpha value is -2.56. The number of halogens is 2. The van der Waals surface area contributed by atoms with Gasteiger partial charge in [-0.1, -0.05) is 45.9 Å². The highest BCUT2D eigenvalue weighted by Crippen LogP contribution is 2.45. The molecule has 0 unspecified atom stereocenters. The Balaban J connectivity index is 1.93. The van der Waals surface area contributed by atoms with Crippen molar-refractivity contribution in [1.82, 2.24) is 0 Å². The fourth-order valence-corrected chi connectivity index (χ4v) is 3.97. The van der Waals surface area contributed by atoms with Gasteiger partial charge in [0.1, 0.15) is 17.2 Å². The molecule has 0 saturated heterocycles. The van der Waals surface area contributed by atoms with Crippen LogP contribution in [0.4, 0.5) is 8.78 Å². The summed E-state index contributed by atoms with van der Waals surface area (Å²) in [6, 6.07) is 7.54. The number of carboxylic acids is 1. The van der Waals surface area contributed by atoms with E-state index < -0.39 is 29.0 Å². The minimum Gasteiger partial charge on any atom is -0.477 e. The third-order valence-corrected chi connectivity index (χ3v) is 5.86. The number of rotatable bonds is 4. The number of ketones is 1. The van der Waals surface area contributed by atoms with Crippen molar-refractivity contribution in [2.45, 2.75) is 57.8 Å². The summed E-state index contributed by atoms with van der Waals surface area (Å²) in [5, 5.41) is 8.85. The number of hydrogen-bond donors (Lipinski definition) is 1. The van der Waals surface area contributed by atoms with Crippen LogP contribution >= 0.6 is 0 Å². The van der Waals surface area contributed by atoms with E-state index in [4.69, 9.17) is 5.11 Å². The topological polar surface area (TPSA) is 54.4 Å². The van der Waals surface area contributed by atoms with E-state index in [1.54, 1.807) is 0 Å². The lowest BCUT2D eigenvalue weighted by Crippen LogP contribution is -2.34. The summed E-state index contributed by atoms with van der Waals surface area (Å²) < 4.78 is 27.8. The first-order chi connectivity index (χ1) is 12.9. The first-order valence-electron chi connectivity index (χ1n) is 9.32. The fourth-order valence-electron chi connectivity index (χ4n) is 3.97. The molecule has 0 radical (unpaired) electrons. The van der Waals surface area contributed by atoms with Crippen LogP contribution in [0.2, 0.25) is 0 Å². The highest BCUT2D eigenvalue weighted by atomic mass is 19.1. The molecule has 1 aliphatic carbocycles. The number of aromatic carboxylic acids is 1. The standard InChI is InChI=1S/C23H24F2O3/c1-22(2)7-8-23(3,4)16-9-13(5-6-15(16)22)10-19(26)14-11-17(24)20(21(27)28)18(25)12-14/h5-6,9,11-12H,7-8,10H2,1-4H3,(H,27,28). The molecular formula is C23H24F2O3. The van der Waals surface area contributed by atoms with Gasteiger partial charge in [0.25, 0.3) is 0 Å². The second-order valence-electron chi connectivity index (χ2n) is 8.87. The number of carbonyl (C=O) groups excluding carboxylic acids is 1. The number of fused-ring (bicyclic) bond motifs is 1. The molecule has 28 heavy (non-hydrogen) atoms. The van der Waals surface area contributed by atoms with Crippen molar-refractivity contribution in [3.05, 3.63) is 69.8 Å². The molecule has 0 atom stereocenters. The molecule has 5 heteroatoms. The summed E-state index contributed by atoms with van der Waals surface area (Å²) in [4.78, 5) is 23.5. The van der Waals surface area contributed by atoms with Crippen molar-refractivity contribution < 1.29 is 23.5 Å². The molecule has 3 nitrogen and oxygen atoms in total. The van der Waals surface area contributed by atoms with E-state index in [2.05, 4.69) is 27.7 Å². The molecule has 2 aromatic carbocycles. The van der Waals surface area contributed by atoms with Crippen LogP contribution in [0.25, 0.3) is 0 Å². The monoisotopic (exact) mass is 386 g/mol. The normalized spacial score (nSPS) is 17.1. The van der Waals surface area contributed by atoms with E-state index in [1.165, 1.54) is 11.1 Å². The van der Waals surface area contributed by atoms with Crippen LogP contribution < -0.4 is 0 Å². The van der Waals surface area contributed by atoms with E-state index in [0.717, 1.165) is 30.5 Å². The van der Waals surface area contributed by atoms with E-state index in [-0.39, 0.29) is 22.8 Å². The fraction of sp³-hybridized carbons (Fsp3) is 0.391.